The van der Waals surface area contributed by atoms with Gasteiger partial charge in [0.05, 0.1) is 4.90 Å². The Morgan fingerprint density at radius 1 is 1.08 bits per heavy atom. The largest absolute Gasteiger partial charge is 0.352 e. The highest BCUT2D eigenvalue weighted by molar-refractivity contribution is 7.92. The van der Waals surface area contributed by atoms with Crippen LogP contribution in [0.15, 0.2) is 53.4 Å². The summed E-state index contributed by atoms with van der Waals surface area (Å²) in [5.41, 5.74) is 1.77. The van der Waals surface area contributed by atoms with E-state index in [1.165, 1.54) is 12.1 Å². The average Bonchev–Trinajstić information content (AvgIpc) is 2.52. The van der Waals surface area contributed by atoms with Gasteiger partial charge in [-0.25, -0.2) is 8.42 Å². The van der Waals surface area contributed by atoms with Crippen molar-refractivity contribution in [2.45, 2.75) is 25.7 Å². The van der Waals surface area contributed by atoms with Crippen LogP contribution in [0.25, 0.3) is 0 Å². The van der Waals surface area contributed by atoms with E-state index in [0.29, 0.717) is 23.7 Å². The second-order valence-electron chi connectivity index (χ2n) is 6.11. The molecule has 5 nitrogen and oxygen atoms in total. The maximum atomic E-state index is 12.5. The summed E-state index contributed by atoms with van der Waals surface area (Å²) in [6.45, 7) is 6.41. The quantitative estimate of drug-likeness (QED) is 0.843. The summed E-state index contributed by atoms with van der Waals surface area (Å²) in [5, 5.41) is 2.78. The monoisotopic (exact) mass is 346 g/mol. The molecule has 2 aromatic carbocycles. The number of carbonyl (C=O) groups excluding carboxylic acids is 1. The summed E-state index contributed by atoms with van der Waals surface area (Å²) in [6.07, 6.45) is 0. The lowest BCUT2D eigenvalue weighted by atomic mass is 10.2. The molecule has 0 aliphatic carbocycles. The van der Waals surface area contributed by atoms with Crippen LogP contribution in [-0.4, -0.2) is 20.9 Å². The first kappa shape index (κ1) is 18.0. The second-order valence-corrected chi connectivity index (χ2v) is 7.79. The number of nitrogens with one attached hydrogen (secondary N) is 2. The molecule has 24 heavy (non-hydrogen) atoms. The van der Waals surface area contributed by atoms with Gasteiger partial charge in [0.25, 0.3) is 15.9 Å². The van der Waals surface area contributed by atoms with E-state index in [0.717, 1.165) is 5.56 Å². The van der Waals surface area contributed by atoms with E-state index in [9.17, 15) is 13.2 Å². The summed E-state index contributed by atoms with van der Waals surface area (Å²) >= 11 is 0. The first-order chi connectivity index (χ1) is 11.3. The Hall–Kier alpha value is -2.34. The van der Waals surface area contributed by atoms with Crippen molar-refractivity contribution in [1.82, 2.24) is 5.32 Å². The molecule has 0 heterocycles. The SMILES string of the molecule is Cc1cccc(NS(=O)(=O)c2cccc(C(=O)NCC(C)C)c2)c1. The van der Waals surface area contributed by atoms with Crippen molar-refractivity contribution < 1.29 is 13.2 Å². The first-order valence-electron chi connectivity index (χ1n) is 7.75. The number of hydrogen-bond acceptors (Lipinski definition) is 3. The van der Waals surface area contributed by atoms with Crippen LogP contribution in [-0.2, 0) is 10.0 Å². The molecule has 6 heteroatoms. The van der Waals surface area contributed by atoms with Gasteiger partial charge in [-0.3, -0.25) is 9.52 Å². The summed E-state index contributed by atoms with van der Waals surface area (Å²) in [4.78, 5) is 12.2. The Balaban J connectivity index is 2.21. The van der Waals surface area contributed by atoms with Gasteiger partial charge in [0.15, 0.2) is 0 Å². The minimum Gasteiger partial charge on any atom is -0.352 e. The molecule has 0 unspecified atom stereocenters. The maximum Gasteiger partial charge on any atom is 0.261 e. The Morgan fingerprint density at radius 2 is 1.79 bits per heavy atom. The van der Waals surface area contributed by atoms with Gasteiger partial charge < -0.3 is 5.32 Å². The highest BCUT2D eigenvalue weighted by atomic mass is 32.2. The van der Waals surface area contributed by atoms with E-state index in [4.69, 9.17) is 0 Å². The number of carbonyl (C=O) groups is 1. The maximum absolute atomic E-state index is 12.5. The van der Waals surface area contributed by atoms with E-state index in [2.05, 4.69) is 10.0 Å². The van der Waals surface area contributed by atoms with Gasteiger partial charge in [0.2, 0.25) is 0 Å². The van der Waals surface area contributed by atoms with Gasteiger partial charge >= 0.3 is 0 Å². The molecule has 0 spiro atoms. The predicted molar refractivity (Wildman–Crippen MR) is 95.6 cm³/mol. The highest BCUT2D eigenvalue weighted by Crippen LogP contribution is 2.18. The summed E-state index contributed by atoms with van der Waals surface area (Å²) in [6, 6.07) is 13.1. The summed E-state index contributed by atoms with van der Waals surface area (Å²) < 4.78 is 27.6. The average molecular weight is 346 g/mol. The summed E-state index contributed by atoms with van der Waals surface area (Å²) in [7, 11) is -3.75. The van der Waals surface area contributed by atoms with Crippen molar-refractivity contribution in [3.8, 4) is 0 Å². The minimum absolute atomic E-state index is 0.0567. The topological polar surface area (TPSA) is 75.3 Å². The number of sulfonamides is 1. The van der Waals surface area contributed by atoms with Gasteiger partial charge in [0, 0.05) is 17.8 Å². The fourth-order valence-electron chi connectivity index (χ4n) is 2.13. The van der Waals surface area contributed by atoms with E-state index in [1.54, 1.807) is 30.3 Å². The van der Waals surface area contributed by atoms with E-state index in [-0.39, 0.29) is 10.8 Å². The molecular formula is C18H22N2O3S. The molecule has 0 saturated carbocycles. The van der Waals surface area contributed by atoms with Crippen molar-refractivity contribution >= 4 is 21.6 Å². The lowest BCUT2D eigenvalue weighted by molar-refractivity contribution is 0.0949. The third kappa shape index (κ3) is 4.83. The number of anilines is 1. The van der Waals surface area contributed by atoms with Crippen LogP contribution in [0.4, 0.5) is 5.69 Å². The predicted octanol–water partition coefficient (Wildman–Crippen LogP) is 3.18. The number of amides is 1. The highest BCUT2D eigenvalue weighted by Gasteiger charge is 2.16. The van der Waals surface area contributed by atoms with Crippen LogP contribution >= 0.6 is 0 Å². The van der Waals surface area contributed by atoms with E-state index < -0.39 is 10.0 Å². The van der Waals surface area contributed by atoms with Gasteiger partial charge in [-0.2, -0.15) is 0 Å². The van der Waals surface area contributed by atoms with Crippen molar-refractivity contribution in [3.63, 3.8) is 0 Å². The van der Waals surface area contributed by atoms with Crippen molar-refractivity contribution in [1.29, 1.82) is 0 Å². The van der Waals surface area contributed by atoms with Gasteiger partial charge in [0.1, 0.15) is 0 Å². The molecule has 128 valence electrons. The van der Waals surface area contributed by atoms with Crippen LogP contribution < -0.4 is 10.0 Å². The molecule has 0 fully saturated rings. The normalized spacial score (nSPS) is 11.3. The van der Waals surface area contributed by atoms with Crippen LogP contribution in [0.5, 0.6) is 0 Å². The second kappa shape index (κ2) is 7.49. The fraction of sp³-hybridized carbons (Fsp3) is 0.278. The molecule has 2 aromatic rings. The van der Waals surface area contributed by atoms with Crippen LogP contribution in [0.3, 0.4) is 0 Å². The minimum atomic E-state index is -3.75. The Labute approximate surface area is 143 Å². The smallest absolute Gasteiger partial charge is 0.261 e. The molecule has 0 bridgehead atoms. The van der Waals surface area contributed by atoms with Crippen molar-refractivity contribution in [3.05, 3.63) is 59.7 Å². The summed E-state index contributed by atoms with van der Waals surface area (Å²) in [5.74, 6) is 0.0418. The lowest BCUT2D eigenvalue weighted by Crippen LogP contribution is -2.27. The van der Waals surface area contributed by atoms with Crippen LogP contribution in [0, 0.1) is 12.8 Å². The first-order valence-corrected chi connectivity index (χ1v) is 9.24. The Bertz CT molecular complexity index is 830. The molecular weight excluding hydrogens is 324 g/mol. The standard InChI is InChI=1S/C18H22N2O3S/c1-13(2)12-19-18(21)15-7-5-9-17(11-15)24(22,23)20-16-8-4-6-14(3)10-16/h4-11,13,20H,12H2,1-3H3,(H,19,21). The van der Waals surface area contributed by atoms with Gasteiger partial charge in [-0.05, 0) is 48.7 Å². The molecule has 2 N–H and O–H groups in total. The molecule has 0 aromatic heterocycles. The number of hydrogen-bond donors (Lipinski definition) is 2. The number of aryl methyl sites for hydroxylation is 1. The Kier molecular flexibility index (Phi) is 5.62. The van der Waals surface area contributed by atoms with Gasteiger partial charge in [-0.1, -0.05) is 32.0 Å². The van der Waals surface area contributed by atoms with E-state index >= 15 is 0 Å². The zero-order valence-electron chi connectivity index (χ0n) is 14.0. The zero-order valence-corrected chi connectivity index (χ0v) is 14.9. The number of rotatable bonds is 6. The van der Waals surface area contributed by atoms with Crippen molar-refractivity contribution in [2.75, 3.05) is 11.3 Å². The lowest BCUT2D eigenvalue weighted by Gasteiger charge is -2.11. The molecule has 0 atom stereocenters. The van der Waals surface area contributed by atoms with Gasteiger partial charge in [-0.15, -0.1) is 0 Å². The van der Waals surface area contributed by atoms with Crippen LogP contribution in [0.1, 0.15) is 29.8 Å². The molecule has 0 radical (unpaired) electrons. The molecule has 0 aliphatic heterocycles. The van der Waals surface area contributed by atoms with Crippen molar-refractivity contribution in [2.24, 2.45) is 5.92 Å². The molecule has 1 amide bonds. The molecule has 2 rings (SSSR count). The molecule has 0 aliphatic rings. The van der Waals surface area contributed by atoms with Crippen LogP contribution in [0.2, 0.25) is 0 Å². The zero-order chi connectivity index (χ0) is 17.7. The third-order valence-corrected chi connectivity index (χ3v) is 4.73. The third-order valence-electron chi connectivity index (χ3n) is 3.35. The fourth-order valence-corrected chi connectivity index (χ4v) is 3.22. The molecule has 0 saturated heterocycles. The number of benzene rings is 2. The van der Waals surface area contributed by atoms with E-state index in [1.807, 2.05) is 26.8 Å². The Morgan fingerprint density at radius 3 is 2.46 bits per heavy atom.